The van der Waals surface area contributed by atoms with Gasteiger partial charge in [0.2, 0.25) is 15.7 Å². The molecule has 0 saturated heterocycles. The fraction of sp³-hybridized carbons (Fsp3) is 0.233. The van der Waals surface area contributed by atoms with Crippen molar-refractivity contribution >= 4 is 9.84 Å². The smallest absolute Gasteiger partial charge is 0.277 e. The maximum absolute atomic E-state index is 14.1. The third-order valence-corrected chi connectivity index (χ3v) is 8.18. The van der Waals surface area contributed by atoms with Gasteiger partial charge in [-0.1, -0.05) is 24.3 Å². The van der Waals surface area contributed by atoms with Gasteiger partial charge in [0, 0.05) is 25.1 Å². The molecular formula is C30H27N5O6S. The minimum atomic E-state index is -4.59. The molecule has 12 heteroatoms. The molecule has 2 heterocycles. The molecule has 42 heavy (non-hydrogen) atoms. The van der Waals surface area contributed by atoms with E-state index in [9.17, 15) is 28.8 Å². The van der Waals surface area contributed by atoms with E-state index in [1.807, 2.05) is 6.07 Å². The van der Waals surface area contributed by atoms with E-state index in [4.69, 9.17) is 9.47 Å². The molecule has 4 rings (SSSR count). The van der Waals surface area contributed by atoms with Crippen molar-refractivity contribution in [2.24, 2.45) is 0 Å². The molecule has 1 atom stereocenters. The molecule has 2 aromatic heterocycles. The van der Waals surface area contributed by atoms with Crippen LogP contribution < -0.4 is 5.56 Å². The molecule has 0 saturated carbocycles. The van der Waals surface area contributed by atoms with Crippen LogP contribution in [-0.2, 0) is 25.9 Å². The summed E-state index contributed by atoms with van der Waals surface area (Å²) in [6.07, 6.45) is 2.71. The lowest BCUT2D eigenvalue weighted by atomic mass is 10.0. The van der Waals surface area contributed by atoms with Gasteiger partial charge in [0.25, 0.3) is 5.56 Å². The van der Waals surface area contributed by atoms with E-state index in [0.717, 1.165) is 4.57 Å². The number of aromatic hydroxyl groups is 1. The third-order valence-electron chi connectivity index (χ3n) is 6.40. The average molecular weight is 586 g/mol. The maximum Gasteiger partial charge on any atom is 0.277 e. The van der Waals surface area contributed by atoms with Gasteiger partial charge in [-0.05, 0) is 55.3 Å². The lowest BCUT2D eigenvalue weighted by Crippen LogP contribution is -2.35. The zero-order valence-electron chi connectivity index (χ0n) is 23.1. The second-order valence-corrected chi connectivity index (χ2v) is 11.4. The van der Waals surface area contributed by atoms with E-state index in [0.29, 0.717) is 27.8 Å². The van der Waals surface area contributed by atoms with Gasteiger partial charge in [-0.25, -0.2) is 8.42 Å². The van der Waals surface area contributed by atoms with Crippen molar-refractivity contribution in [2.75, 3.05) is 13.7 Å². The molecule has 1 N–H and O–H groups in total. The molecule has 1 unspecified atom stereocenters. The monoisotopic (exact) mass is 585 g/mol. The highest BCUT2D eigenvalue weighted by molar-refractivity contribution is 7.91. The number of sulfone groups is 1. The highest BCUT2D eigenvalue weighted by atomic mass is 32.2. The normalized spacial score (nSPS) is 12.0. The Morgan fingerprint density at radius 1 is 1.07 bits per heavy atom. The molecule has 0 bridgehead atoms. The minimum Gasteiger partial charge on any atom is -0.492 e. The highest BCUT2D eigenvalue weighted by Crippen LogP contribution is 2.30. The Kier molecular flexibility index (Phi) is 9.13. The summed E-state index contributed by atoms with van der Waals surface area (Å²) < 4.78 is 39.8. The largest absolute Gasteiger partial charge is 0.492 e. The summed E-state index contributed by atoms with van der Waals surface area (Å²) in [4.78, 5) is 21.0. The maximum atomic E-state index is 14.1. The van der Waals surface area contributed by atoms with Crippen LogP contribution in [0.2, 0.25) is 0 Å². The summed E-state index contributed by atoms with van der Waals surface area (Å²) in [6, 6.07) is 16.8. The van der Waals surface area contributed by atoms with E-state index in [1.54, 1.807) is 44.2 Å². The summed E-state index contributed by atoms with van der Waals surface area (Å²) >= 11 is 0. The third kappa shape index (κ3) is 6.06. The van der Waals surface area contributed by atoms with Crippen LogP contribution >= 0.6 is 0 Å². The van der Waals surface area contributed by atoms with Crippen LogP contribution in [0.4, 0.5) is 0 Å². The van der Waals surface area contributed by atoms with E-state index < -0.39 is 32.2 Å². The van der Waals surface area contributed by atoms with Crippen LogP contribution in [0, 0.1) is 22.7 Å². The van der Waals surface area contributed by atoms with Gasteiger partial charge in [-0.2, -0.15) is 15.5 Å². The Bertz CT molecular complexity index is 1860. The van der Waals surface area contributed by atoms with Crippen molar-refractivity contribution in [2.45, 2.75) is 42.4 Å². The molecule has 214 valence electrons. The van der Waals surface area contributed by atoms with Gasteiger partial charge in [-0.15, -0.1) is 0 Å². The number of ether oxygens (including phenoxy) is 2. The van der Waals surface area contributed by atoms with Crippen LogP contribution in [0.25, 0.3) is 11.1 Å². The highest BCUT2D eigenvalue weighted by Gasteiger charge is 2.32. The van der Waals surface area contributed by atoms with Gasteiger partial charge < -0.3 is 14.6 Å². The first kappa shape index (κ1) is 30.1. The zero-order valence-corrected chi connectivity index (χ0v) is 23.9. The van der Waals surface area contributed by atoms with Crippen LogP contribution in [0.1, 0.15) is 42.4 Å². The molecule has 4 aromatic rings. The second kappa shape index (κ2) is 12.7. The molecule has 0 aliphatic heterocycles. The molecule has 11 nitrogen and oxygen atoms in total. The number of rotatable bonds is 10. The molecule has 0 radical (unpaired) electrons. The van der Waals surface area contributed by atoms with Gasteiger partial charge in [0.1, 0.15) is 12.4 Å². The number of pyridine rings is 1. The predicted octanol–water partition coefficient (Wildman–Crippen LogP) is 3.75. The number of nitrogens with zero attached hydrogens (tertiary/aromatic N) is 5. The van der Waals surface area contributed by atoms with Gasteiger partial charge in [0.15, 0.2) is 4.90 Å². The molecule has 0 aliphatic carbocycles. The number of hydrogen-bond donors (Lipinski definition) is 1. The van der Waals surface area contributed by atoms with E-state index >= 15 is 0 Å². The standard InChI is InChI=1S/C30H27N5O6S/c1-19(2)41-18-27-34-29(36)28(30(37)35(27)26(17-40-3)22-6-4-5-20(13-22)14-31)42(38,39)24-9-7-21(8-10-24)25-16-33-12-11-23(25)15-32/h4-13,16,19,26,36H,17-18H2,1-3H3. The second-order valence-electron chi connectivity index (χ2n) is 9.48. The lowest BCUT2D eigenvalue weighted by Gasteiger charge is -2.24. The summed E-state index contributed by atoms with van der Waals surface area (Å²) in [5.74, 6) is -0.992. The fourth-order valence-corrected chi connectivity index (χ4v) is 5.74. The van der Waals surface area contributed by atoms with Crippen LogP contribution in [0.5, 0.6) is 5.88 Å². The van der Waals surface area contributed by atoms with Crippen LogP contribution in [0.15, 0.2) is 81.6 Å². The van der Waals surface area contributed by atoms with E-state index in [-0.39, 0.29) is 30.0 Å². The van der Waals surface area contributed by atoms with Gasteiger partial charge in [-0.3, -0.25) is 14.3 Å². The molecular weight excluding hydrogens is 558 g/mol. The number of aromatic nitrogens is 3. The first-order chi connectivity index (χ1) is 20.1. The Labute approximate surface area is 242 Å². The number of methoxy groups -OCH3 is 1. The fourth-order valence-electron chi connectivity index (χ4n) is 4.40. The quantitative estimate of drug-likeness (QED) is 0.289. The Hall–Kier alpha value is -4.88. The molecule has 0 amide bonds. The van der Waals surface area contributed by atoms with Crippen molar-refractivity contribution in [1.82, 2.24) is 14.5 Å². The predicted molar refractivity (Wildman–Crippen MR) is 151 cm³/mol. The Balaban J connectivity index is 1.90. The van der Waals surface area contributed by atoms with Gasteiger partial charge >= 0.3 is 0 Å². The summed E-state index contributed by atoms with van der Waals surface area (Å²) in [6.45, 7) is 3.27. The number of nitriles is 2. The molecule has 2 aromatic carbocycles. The van der Waals surface area contributed by atoms with Crippen molar-refractivity contribution in [3.05, 3.63) is 99.9 Å². The molecule has 0 spiro atoms. The Morgan fingerprint density at radius 2 is 1.81 bits per heavy atom. The first-order valence-electron chi connectivity index (χ1n) is 12.8. The number of hydrogen-bond acceptors (Lipinski definition) is 10. The van der Waals surface area contributed by atoms with Gasteiger partial charge in [0.05, 0.1) is 46.9 Å². The lowest BCUT2D eigenvalue weighted by molar-refractivity contribution is 0.0557. The zero-order chi connectivity index (χ0) is 30.4. The molecule has 0 aliphatic rings. The van der Waals surface area contributed by atoms with Crippen molar-refractivity contribution in [3.8, 4) is 29.1 Å². The SMILES string of the molecule is COCC(c1cccc(C#N)c1)n1c(COC(C)C)nc(O)c(S(=O)(=O)c2ccc(-c3cnccc3C#N)cc2)c1=O. The molecule has 0 fully saturated rings. The summed E-state index contributed by atoms with van der Waals surface area (Å²) in [5.41, 5.74) is 1.19. The van der Waals surface area contributed by atoms with Crippen LogP contribution in [-0.4, -0.2) is 47.9 Å². The topological polar surface area (TPSA) is 168 Å². The summed E-state index contributed by atoms with van der Waals surface area (Å²) in [7, 11) is -3.17. The minimum absolute atomic E-state index is 0.0227. The number of benzene rings is 2. The van der Waals surface area contributed by atoms with E-state index in [1.165, 1.54) is 43.8 Å². The Morgan fingerprint density at radius 3 is 2.45 bits per heavy atom. The summed E-state index contributed by atoms with van der Waals surface area (Å²) in [5, 5.41) is 29.7. The first-order valence-corrected chi connectivity index (χ1v) is 14.2. The van der Waals surface area contributed by atoms with Crippen LogP contribution in [0.3, 0.4) is 0 Å². The average Bonchev–Trinajstić information content (AvgIpc) is 2.99. The van der Waals surface area contributed by atoms with E-state index in [2.05, 4.69) is 16.0 Å². The van der Waals surface area contributed by atoms with Crippen molar-refractivity contribution in [1.29, 1.82) is 10.5 Å². The van der Waals surface area contributed by atoms with Crippen molar-refractivity contribution in [3.63, 3.8) is 0 Å². The van der Waals surface area contributed by atoms with Crippen molar-refractivity contribution < 1.29 is 23.0 Å².